The van der Waals surface area contributed by atoms with E-state index in [0.29, 0.717) is 11.1 Å². The van der Waals surface area contributed by atoms with Crippen LogP contribution in [0.25, 0.3) is 0 Å². The van der Waals surface area contributed by atoms with Gasteiger partial charge in [-0.15, -0.1) is 0 Å². The molecule has 0 radical (unpaired) electrons. The van der Waals surface area contributed by atoms with E-state index in [1.807, 2.05) is 6.07 Å². The fraction of sp³-hybridized carbons (Fsp3) is 0.133. The van der Waals surface area contributed by atoms with E-state index in [2.05, 4.69) is 27.1 Å². The predicted molar refractivity (Wildman–Crippen MR) is 71.6 cm³/mol. The highest BCUT2D eigenvalue weighted by atomic mass is 19.1. The van der Waals surface area contributed by atoms with Gasteiger partial charge in [0.15, 0.2) is 0 Å². The largest absolute Gasteiger partial charge is 0.447 e. The molecule has 5 nitrogen and oxygen atoms in total. The number of amides is 1. The molecule has 1 saturated heterocycles. The number of aromatic nitrogens is 2. The third kappa shape index (κ3) is 3.15. The van der Waals surface area contributed by atoms with Crippen molar-refractivity contribution in [2.24, 2.45) is 0 Å². The summed E-state index contributed by atoms with van der Waals surface area (Å²) in [5.74, 6) is 5.17. The maximum atomic E-state index is 13.0. The van der Waals surface area contributed by atoms with Crippen molar-refractivity contribution in [3.8, 4) is 11.8 Å². The molecule has 3 heterocycles. The molecular formula is C15H10FN3O2. The average molecular weight is 283 g/mol. The molecule has 2 aromatic heterocycles. The smallest absolute Gasteiger partial charge is 0.407 e. The zero-order valence-corrected chi connectivity index (χ0v) is 10.8. The number of carbonyl (C=O) groups is 1. The molecule has 1 N–H and O–H groups in total. The molecule has 0 unspecified atom stereocenters. The summed E-state index contributed by atoms with van der Waals surface area (Å²) in [6, 6.07) is 4.48. The van der Waals surface area contributed by atoms with Gasteiger partial charge in [-0.1, -0.05) is 11.8 Å². The fourth-order valence-electron chi connectivity index (χ4n) is 1.91. The summed E-state index contributed by atoms with van der Waals surface area (Å²) in [4.78, 5) is 18.6. The molecule has 0 saturated carbocycles. The monoisotopic (exact) mass is 283 g/mol. The lowest BCUT2D eigenvalue weighted by atomic mass is 10.1. The highest BCUT2D eigenvalue weighted by Crippen LogP contribution is 2.17. The van der Waals surface area contributed by atoms with E-state index >= 15 is 0 Å². The number of rotatable bonds is 1. The number of pyridine rings is 2. The third-order valence-electron chi connectivity index (χ3n) is 2.91. The molecule has 3 rings (SSSR count). The van der Waals surface area contributed by atoms with Crippen LogP contribution >= 0.6 is 0 Å². The Morgan fingerprint density at radius 1 is 1.29 bits per heavy atom. The lowest BCUT2D eigenvalue weighted by molar-refractivity contribution is 0.177. The maximum absolute atomic E-state index is 13.0. The zero-order chi connectivity index (χ0) is 14.7. The van der Waals surface area contributed by atoms with Gasteiger partial charge in [-0.05, 0) is 17.7 Å². The SMILES string of the molecule is O=C1N[C@H](c2cncc(C#Cc3ccnc(F)c3)c2)CO1. The number of ether oxygens (including phenoxy) is 1. The van der Waals surface area contributed by atoms with E-state index in [4.69, 9.17) is 4.74 Å². The summed E-state index contributed by atoms with van der Waals surface area (Å²) in [7, 11) is 0. The summed E-state index contributed by atoms with van der Waals surface area (Å²) in [6.07, 6.45) is 4.17. The molecule has 21 heavy (non-hydrogen) atoms. The van der Waals surface area contributed by atoms with Gasteiger partial charge < -0.3 is 10.1 Å². The predicted octanol–water partition coefficient (Wildman–Crippen LogP) is 1.80. The number of hydrogen-bond acceptors (Lipinski definition) is 4. The van der Waals surface area contributed by atoms with Crippen molar-refractivity contribution >= 4 is 6.09 Å². The normalized spacial score (nSPS) is 16.6. The van der Waals surface area contributed by atoms with Crippen LogP contribution in [0.15, 0.2) is 36.8 Å². The highest BCUT2D eigenvalue weighted by molar-refractivity contribution is 5.70. The van der Waals surface area contributed by atoms with Gasteiger partial charge in [-0.25, -0.2) is 9.78 Å². The molecule has 1 fully saturated rings. The van der Waals surface area contributed by atoms with E-state index in [0.717, 1.165) is 5.56 Å². The van der Waals surface area contributed by atoms with E-state index in [-0.39, 0.29) is 12.6 Å². The number of carbonyl (C=O) groups excluding carboxylic acids is 1. The first-order valence-corrected chi connectivity index (χ1v) is 6.22. The lowest BCUT2D eigenvalue weighted by Gasteiger charge is -2.06. The van der Waals surface area contributed by atoms with Crippen molar-refractivity contribution in [2.75, 3.05) is 6.61 Å². The Kier molecular flexibility index (Phi) is 3.48. The summed E-state index contributed by atoms with van der Waals surface area (Å²) >= 11 is 0. The number of halogens is 1. The Morgan fingerprint density at radius 3 is 2.90 bits per heavy atom. The third-order valence-corrected chi connectivity index (χ3v) is 2.91. The molecule has 1 amide bonds. The van der Waals surface area contributed by atoms with Crippen LogP contribution in [0.1, 0.15) is 22.7 Å². The van der Waals surface area contributed by atoms with Crippen molar-refractivity contribution < 1.29 is 13.9 Å². The Balaban J connectivity index is 1.82. The van der Waals surface area contributed by atoms with Gasteiger partial charge in [-0.2, -0.15) is 4.39 Å². The topological polar surface area (TPSA) is 64.1 Å². The zero-order valence-electron chi connectivity index (χ0n) is 10.8. The summed E-state index contributed by atoms with van der Waals surface area (Å²) in [5, 5.41) is 2.67. The highest BCUT2D eigenvalue weighted by Gasteiger charge is 2.23. The molecule has 1 aliphatic heterocycles. The molecule has 104 valence electrons. The number of cyclic esters (lactones) is 1. The second-order valence-electron chi connectivity index (χ2n) is 4.42. The van der Waals surface area contributed by atoms with Gasteiger partial charge in [-0.3, -0.25) is 4.98 Å². The van der Waals surface area contributed by atoms with Crippen molar-refractivity contribution in [3.05, 3.63) is 59.4 Å². The molecule has 6 heteroatoms. The van der Waals surface area contributed by atoms with Crippen LogP contribution in [0.5, 0.6) is 0 Å². The van der Waals surface area contributed by atoms with Gasteiger partial charge in [0.2, 0.25) is 5.95 Å². The first kappa shape index (κ1) is 13.1. The minimum Gasteiger partial charge on any atom is -0.447 e. The Morgan fingerprint density at radius 2 is 2.14 bits per heavy atom. The van der Waals surface area contributed by atoms with Gasteiger partial charge in [0.05, 0.1) is 6.04 Å². The van der Waals surface area contributed by atoms with Crippen LogP contribution < -0.4 is 5.32 Å². The molecular weight excluding hydrogens is 273 g/mol. The van der Waals surface area contributed by atoms with Crippen molar-refractivity contribution in [1.82, 2.24) is 15.3 Å². The second-order valence-corrected chi connectivity index (χ2v) is 4.42. The maximum Gasteiger partial charge on any atom is 0.407 e. The minimum absolute atomic E-state index is 0.217. The van der Waals surface area contributed by atoms with Crippen LogP contribution in [-0.2, 0) is 4.74 Å². The van der Waals surface area contributed by atoms with E-state index in [1.54, 1.807) is 18.5 Å². The second kappa shape index (κ2) is 5.59. The summed E-state index contributed by atoms with van der Waals surface area (Å²) in [6.45, 7) is 0.271. The van der Waals surface area contributed by atoms with Gasteiger partial charge in [0, 0.05) is 35.8 Å². The molecule has 0 bridgehead atoms. The Bertz CT molecular complexity index is 752. The van der Waals surface area contributed by atoms with Crippen LogP contribution in [0.2, 0.25) is 0 Å². The van der Waals surface area contributed by atoms with Gasteiger partial charge >= 0.3 is 6.09 Å². The van der Waals surface area contributed by atoms with Gasteiger partial charge in [0.1, 0.15) is 6.61 Å². The molecule has 0 aromatic carbocycles. The molecule has 0 spiro atoms. The first-order chi connectivity index (χ1) is 10.2. The molecule has 2 aromatic rings. The molecule has 1 aliphatic rings. The minimum atomic E-state index is -0.570. The number of nitrogens with one attached hydrogen (secondary N) is 1. The summed E-state index contributed by atoms with van der Waals surface area (Å²) in [5.41, 5.74) is 2.02. The van der Waals surface area contributed by atoms with Crippen molar-refractivity contribution in [3.63, 3.8) is 0 Å². The molecule has 0 aliphatic carbocycles. The Hall–Kier alpha value is -2.94. The van der Waals surface area contributed by atoms with Crippen LogP contribution in [0.3, 0.4) is 0 Å². The Labute approximate surface area is 120 Å². The van der Waals surface area contributed by atoms with Crippen molar-refractivity contribution in [2.45, 2.75) is 6.04 Å². The average Bonchev–Trinajstić information content (AvgIpc) is 2.92. The van der Waals surface area contributed by atoms with Crippen LogP contribution in [-0.4, -0.2) is 22.7 Å². The van der Waals surface area contributed by atoms with E-state index < -0.39 is 12.0 Å². The number of nitrogens with zero attached hydrogens (tertiary/aromatic N) is 2. The van der Waals surface area contributed by atoms with Gasteiger partial charge in [0.25, 0.3) is 0 Å². The van der Waals surface area contributed by atoms with E-state index in [9.17, 15) is 9.18 Å². The summed E-state index contributed by atoms with van der Waals surface area (Å²) < 4.78 is 17.8. The van der Waals surface area contributed by atoms with Crippen molar-refractivity contribution in [1.29, 1.82) is 0 Å². The standard InChI is InChI=1S/C15H10FN3O2/c16-14-6-10(3-4-18-14)1-2-11-5-12(8-17-7-11)13-9-21-15(20)19-13/h3-8,13H,9H2,(H,19,20)/t13-/m0/s1. The molecule has 1 atom stereocenters. The van der Waals surface area contributed by atoms with Crippen LogP contribution in [0, 0.1) is 17.8 Å². The lowest BCUT2D eigenvalue weighted by Crippen LogP contribution is -2.18. The number of hydrogen-bond donors (Lipinski definition) is 1. The first-order valence-electron chi connectivity index (χ1n) is 6.22. The quantitative estimate of drug-likeness (QED) is 0.640. The van der Waals surface area contributed by atoms with Crippen LogP contribution in [0.4, 0.5) is 9.18 Å². The number of alkyl carbamates (subject to hydrolysis) is 1. The van der Waals surface area contributed by atoms with E-state index in [1.165, 1.54) is 12.3 Å². The fourth-order valence-corrected chi connectivity index (χ4v) is 1.91.